The molecule has 0 unspecified atom stereocenters. The fraction of sp³-hybridized carbons (Fsp3) is 0.450. The first kappa shape index (κ1) is 19.4. The highest BCUT2D eigenvalue weighted by atomic mass is 35.5. The van der Waals surface area contributed by atoms with Crippen molar-refractivity contribution in [1.82, 2.24) is 15.4 Å². The summed E-state index contributed by atoms with van der Waals surface area (Å²) < 4.78 is 5.30. The highest BCUT2D eigenvalue weighted by Gasteiger charge is 2.38. The quantitative estimate of drug-likeness (QED) is 0.815. The molecule has 1 saturated carbocycles. The molecule has 0 bridgehead atoms. The molecule has 27 heavy (non-hydrogen) atoms. The summed E-state index contributed by atoms with van der Waals surface area (Å²) in [4.78, 5) is 26.8. The Labute approximate surface area is 163 Å². The van der Waals surface area contributed by atoms with Crippen LogP contribution in [0, 0.1) is 5.41 Å². The summed E-state index contributed by atoms with van der Waals surface area (Å²) in [5.41, 5.74) is 0.640. The van der Waals surface area contributed by atoms with E-state index < -0.39 is 5.41 Å². The maximum Gasteiger partial charge on any atom is 0.273 e. The predicted molar refractivity (Wildman–Crippen MR) is 102 cm³/mol. The smallest absolute Gasteiger partial charge is 0.273 e. The molecule has 0 saturated heterocycles. The second-order valence-electron chi connectivity index (χ2n) is 7.91. The number of benzene rings is 1. The van der Waals surface area contributed by atoms with Gasteiger partial charge in [-0.15, -0.1) is 0 Å². The van der Waals surface area contributed by atoms with Gasteiger partial charge >= 0.3 is 0 Å². The molecule has 0 aliphatic heterocycles. The summed E-state index contributed by atoms with van der Waals surface area (Å²) >= 11 is 5.94. The number of carbonyl (C=O) groups excluding carboxylic acids is 2. The van der Waals surface area contributed by atoms with Gasteiger partial charge in [0.15, 0.2) is 11.5 Å². The molecule has 1 N–H and O–H groups in total. The van der Waals surface area contributed by atoms with Gasteiger partial charge in [-0.3, -0.25) is 9.59 Å². The molecule has 0 spiro atoms. The van der Waals surface area contributed by atoms with Crippen molar-refractivity contribution in [3.05, 3.63) is 52.4 Å². The van der Waals surface area contributed by atoms with Crippen LogP contribution in [0.15, 0.2) is 34.9 Å². The van der Waals surface area contributed by atoms with E-state index in [1.54, 1.807) is 18.2 Å². The van der Waals surface area contributed by atoms with Gasteiger partial charge in [0.2, 0.25) is 5.91 Å². The van der Waals surface area contributed by atoms with Gasteiger partial charge in [0.1, 0.15) is 0 Å². The molecule has 1 aromatic heterocycles. The third-order valence-corrected chi connectivity index (χ3v) is 4.59. The Morgan fingerprint density at radius 2 is 2.04 bits per heavy atom. The van der Waals surface area contributed by atoms with Crippen LogP contribution in [0.3, 0.4) is 0 Å². The number of hydrogen-bond acceptors (Lipinski definition) is 4. The van der Waals surface area contributed by atoms with Gasteiger partial charge in [-0.25, -0.2) is 0 Å². The lowest BCUT2D eigenvalue weighted by molar-refractivity contribution is -0.141. The molecule has 1 fully saturated rings. The lowest BCUT2D eigenvalue weighted by Crippen LogP contribution is -2.40. The van der Waals surface area contributed by atoms with Gasteiger partial charge in [0, 0.05) is 29.1 Å². The summed E-state index contributed by atoms with van der Waals surface area (Å²) in [6.07, 6.45) is 2.01. The summed E-state index contributed by atoms with van der Waals surface area (Å²) in [6, 6.07) is 9.13. The summed E-state index contributed by atoms with van der Waals surface area (Å²) in [5.74, 6) is 0.255. The predicted octanol–water partition coefficient (Wildman–Crippen LogP) is 3.80. The highest BCUT2D eigenvalue weighted by Crippen LogP contribution is 2.32. The van der Waals surface area contributed by atoms with Crippen molar-refractivity contribution in [2.75, 3.05) is 0 Å². The zero-order valence-electron chi connectivity index (χ0n) is 15.8. The van der Waals surface area contributed by atoms with E-state index in [-0.39, 0.29) is 23.6 Å². The Hall–Kier alpha value is -2.34. The molecule has 0 radical (unpaired) electrons. The van der Waals surface area contributed by atoms with Gasteiger partial charge in [-0.05, 0) is 30.5 Å². The average molecular weight is 390 g/mol. The van der Waals surface area contributed by atoms with E-state index >= 15 is 0 Å². The number of rotatable bonds is 6. The van der Waals surface area contributed by atoms with Crippen molar-refractivity contribution in [3.8, 4) is 0 Å². The summed E-state index contributed by atoms with van der Waals surface area (Å²) in [6.45, 7) is 6.38. The van der Waals surface area contributed by atoms with Crippen molar-refractivity contribution in [2.45, 2.75) is 52.7 Å². The minimum Gasteiger partial charge on any atom is -0.359 e. The van der Waals surface area contributed by atoms with E-state index in [9.17, 15) is 9.59 Å². The Morgan fingerprint density at radius 3 is 2.67 bits per heavy atom. The topological polar surface area (TPSA) is 75.4 Å². The number of hydrogen-bond donors (Lipinski definition) is 1. The molecule has 1 aliphatic rings. The van der Waals surface area contributed by atoms with E-state index in [0.29, 0.717) is 23.9 Å². The molecule has 2 amide bonds. The third-order valence-electron chi connectivity index (χ3n) is 4.35. The molecule has 2 aromatic rings. The van der Waals surface area contributed by atoms with E-state index in [1.165, 1.54) is 0 Å². The minimum atomic E-state index is -0.459. The van der Waals surface area contributed by atoms with Crippen LogP contribution in [0.5, 0.6) is 0 Å². The van der Waals surface area contributed by atoms with Crippen molar-refractivity contribution in [2.24, 2.45) is 5.41 Å². The average Bonchev–Trinajstić information content (AvgIpc) is 3.34. The van der Waals surface area contributed by atoms with Crippen LogP contribution in [-0.2, 0) is 17.9 Å². The van der Waals surface area contributed by atoms with Gasteiger partial charge in [0.25, 0.3) is 5.91 Å². The van der Waals surface area contributed by atoms with Crippen molar-refractivity contribution in [3.63, 3.8) is 0 Å². The monoisotopic (exact) mass is 389 g/mol. The molecule has 0 atom stereocenters. The van der Waals surface area contributed by atoms with Crippen molar-refractivity contribution < 1.29 is 14.1 Å². The van der Waals surface area contributed by atoms with Gasteiger partial charge in [-0.1, -0.05) is 49.7 Å². The van der Waals surface area contributed by atoms with Gasteiger partial charge in [0.05, 0.1) is 6.54 Å². The standard InChI is InChI=1S/C20H24ClN3O3/c1-20(2,3)19(26)24(15-7-8-15)12-16-10-17(23-27-16)18(25)22-11-13-5-4-6-14(21)9-13/h4-6,9-10,15H,7-8,11-12H2,1-3H3,(H,22,25). The molecule has 7 heteroatoms. The molecule has 1 aliphatic carbocycles. The lowest BCUT2D eigenvalue weighted by Gasteiger charge is -2.28. The van der Waals surface area contributed by atoms with Crippen LogP contribution in [0.4, 0.5) is 0 Å². The second kappa shape index (κ2) is 7.72. The summed E-state index contributed by atoms with van der Waals surface area (Å²) in [7, 11) is 0. The van der Waals surface area contributed by atoms with Crippen LogP contribution in [0.1, 0.15) is 55.4 Å². The van der Waals surface area contributed by atoms with Gasteiger partial charge < -0.3 is 14.7 Å². The normalized spacial score (nSPS) is 14.1. The number of halogens is 1. The molecule has 6 nitrogen and oxygen atoms in total. The zero-order chi connectivity index (χ0) is 19.6. The Kier molecular flexibility index (Phi) is 5.56. The molecule has 3 rings (SSSR count). The van der Waals surface area contributed by atoms with Crippen molar-refractivity contribution >= 4 is 23.4 Å². The molecule has 1 heterocycles. The highest BCUT2D eigenvalue weighted by molar-refractivity contribution is 6.30. The summed E-state index contributed by atoms with van der Waals surface area (Å²) in [5, 5.41) is 7.26. The zero-order valence-corrected chi connectivity index (χ0v) is 16.5. The molecule has 144 valence electrons. The van der Waals surface area contributed by atoms with Crippen LogP contribution >= 0.6 is 11.6 Å². The first-order chi connectivity index (χ1) is 12.7. The largest absolute Gasteiger partial charge is 0.359 e. The number of aromatic nitrogens is 1. The fourth-order valence-electron chi connectivity index (χ4n) is 2.77. The minimum absolute atomic E-state index is 0.0772. The van der Waals surface area contributed by atoms with Crippen LogP contribution in [0.2, 0.25) is 5.02 Å². The molecular formula is C20H24ClN3O3. The van der Waals surface area contributed by atoms with E-state index in [2.05, 4.69) is 10.5 Å². The van der Waals surface area contributed by atoms with Crippen molar-refractivity contribution in [1.29, 1.82) is 0 Å². The first-order valence-electron chi connectivity index (χ1n) is 9.03. The Balaban J connectivity index is 1.61. The van der Waals surface area contributed by atoms with E-state index in [0.717, 1.165) is 18.4 Å². The van der Waals surface area contributed by atoms with E-state index in [1.807, 2.05) is 37.8 Å². The Morgan fingerprint density at radius 1 is 1.30 bits per heavy atom. The van der Waals surface area contributed by atoms with Crippen LogP contribution in [0.25, 0.3) is 0 Å². The Bertz CT molecular complexity index is 837. The first-order valence-corrected chi connectivity index (χ1v) is 9.41. The number of carbonyl (C=O) groups is 2. The number of nitrogens with zero attached hydrogens (tertiary/aromatic N) is 2. The van der Waals surface area contributed by atoms with Crippen LogP contribution in [-0.4, -0.2) is 27.9 Å². The van der Waals surface area contributed by atoms with E-state index in [4.69, 9.17) is 16.1 Å². The number of nitrogens with one attached hydrogen (secondary N) is 1. The van der Waals surface area contributed by atoms with Crippen LogP contribution < -0.4 is 5.32 Å². The maximum absolute atomic E-state index is 12.7. The number of amides is 2. The maximum atomic E-state index is 12.7. The SMILES string of the molecule is CC(C)(C)C(=O)N(Cc1cc(C(=O)NCc2cccc(Cl)c2)no1)C1CC1. The fourth-order valence-corrected chi connectivity index (χ4v) is 2.98. The third kappa shape index (κ3) is 5.10. The van der Waals surface area contributed by atoms with Gasteiger partial charge in [-0.2, -0.15) is 0 Å². The molecular weight excluding hydrogens is 366 g/mol. The molecule has 1 aromatic carbocycles. The second-order valence-corrected chi connectivity index (χ2v) is 8.34. The lowest BCUT2D eigenvalue weighted by atomic mass is 9.94.